The molecule has 1 aliphatic heterocycles. The molecular weight excluding hydrogens is 366 g/mol. The number of piperazine rings is 1. The van der Waals surface area contributed by atoms with Crippen LogP contribution < -0.4 is 0 Å². The summed E-state index contributed by atoms with van der Waals surface area (Å²) in [4.78, 5) is 26.9. The summed E-state index contributed by atoms with van der Waals surface area (Å²) in [5, 5.41) is 0. The summed E-state index contributed by atoms with van der Waals surface area (Å²) in [6.07, 6.45) is 0. The molecule has 2 aromatic rings. The molecule has 0 bridgehead atoms. The van der Waals surface area contributed by atoms with Crippen molar-refractivity contribution in [1.29, 1.82) is 0 Å². The lowest BCUT2D eigenvalue weighted by atomic mass is 9.96. The van der Waals surface area contributed by atoms with Crippen LogP contribution in [-0.2, 0) is 14.3 Å². The van der Waals surface area contributed by atoms with Gasteiger partial charge in [-0.25, -0.2) is 8.78 Å². The second kappa shape index (κ2) is 8.93. The molecule has 0 aliphatic carbocycles. The first-order valence-electron chi connectivity index (χ1n) is 9.10. The highest BCUT2D eigenvalue weighted by Crippen LogP contribution is 2.30. The molecule has 0 unspecified atom stereocenters. The standard InChI is InChI=1S/C21H22F2N2O3/c1-15(26)28-14-20(27)24-10-12-25(13-11-24)21(16-2-6-18(22)7-3-16)17-4-8-19(23)9-5-17/h2-9,21H,10-14H2,1H3. The van der Waals surface area contributed by atoms with E-state index in [0.29, 0.717) is 26.2 Å². The lowest BCUT2D eigenvalue weighted by Crippen LogP contribution is -2.50. The van der Waals surface area contributed by atoms with Crippen LogP contribution in [0.15, 0.2) is 48.5 Å². The number of carbonyl (C=O) groups excluding carboxylic acids is 2. The fraction of sp³-hybridized carbons (Fsp3) is 0.333. The van der Waals surface area contributed by atoms with Gasteiger partial charge in [0.15, 0.2) is 6.61 Å². The predicted octanol–water partition coefficient (Wildman–Crippen LogP) is 2.76. The van der Waals surface area contributed by atoms with Crippen molar-refractivity contribution in [3.63, 3.8) is 0 Å². The number of halogens is 2. The van der Waals surface area contributed by atoms with Crippen molar-refractivity contribution in [3.05, 3.63) is 71.3 Å². The van der Waals surface area contributed by atoms with E-state index in [1.165, 1.54) is 31.2 Å². The van der Waals surface area contributed by atoms with Gasteiger partial charge in [-0.05, 0) is 35.4 Å². The zero-order chi connectivity index (χ0) is 20.1. The van der Waals surface area contributed by atoms with E-state index in [-0.39, 0.29) is 30.2 Å². The molecule has 2 aromatic carbocycles. The maximum Gasteiger partial charge on any atom is 0.303 e. The van der Waals surface area contributed by atoms with Crippen molar-refractivity contribution in [3.8, 4) is 0 Å². The van der Waals surface area contributed by atoms with Gasteiger partial charge in [-0.1, -0.05) is 24.3 Å². The summed E-state index contributed by atoms with van der Waals surface area (Å²) in [5.74, 6) is -1.35. The van der Waals surface area contributed by atoms with Crippen LogP contribution in [0, 0.1) is 11.6 Å². The van der Waals surface area contributed by atoms with E-state index in [1.54, 1.807) is 29.2 Å². The van der Waals surface area contributed by atoms with Gasteiger partial charge in [0.1, 0.15) is 11.6 Å². The Morgan fingerprint density at radius 3 is 1.79 bits per heavy atom. The van der Waals surface area contributed by atoms with Crippen molar-refractivity contribution >= 4 is 11.9 Å². The summed E-state index contributed by atoms with van der Waals surface area (Å²) in [6.45, 7) is 3.16. The molecule has 1 fully saturated rings. The Hall–Kier alpha value is -2.80. The minimum Gasteiger partial charge on any atom is -0.456 e. The van der Waals surface area contributed by atoms with E-state index >= 15 is 0 Å². The van der Waals surface area contributed by atoms with Crippen LogP contribution in [0.4, 0.5) is 8.78 Å². The van der Waals surface area contributed by atoms with Crippen molar-refractivity contribution in [2.24, 2.45) is 0 Å². The molecule has 1 saturated heterocycles. The van der Waals surface area contributed by atoms with Crippen molar-refractivity contribution in [2.75, 3.05) is 32.8 Å². The van der Waals surface area contributed by atoms with Crippen LogP contribution in [-0.4, -0.2) is 54.5 Å². The first-order chi connectivity index (χ1) is 13.4. The lowest BCUT2D eigenvalue weighted by molar-refractivity contribution is -0.151. The SMILES string of the molecule is CC(=O)OCC(=O)N1CCN(C(c2ccc(F)cc2)c2ccc(F)cc2)CC1. The van der Waals surface area contributed by atoms with E-state index in [9.17, 15) is 18.4 Å². The Morgan fingerprint density at radius 2 is 1.36 bits per heavy atom. The Labute approximate surface area is 162 Å². The molecule has 0 N–H and O–H groups in total. The molecule has 7 heteroatoms. The van der Waals surface area contributed by atoms with Gasteiger partial charge in [0.25, 0.3) is 5.91 Å². The number of amides is 1. The van der Waals surface area contributed by atoms with E-state index in [0.717, 1.165) is 11.1 Å². The van der Waals surface area contributed by atoms with Crippen LogP contribution in [0.3, 0.4) is 0 Å². The van der Waals surface area contributed by atoms with Gasteiger partial charge in [-0.2, -0.15) is 0 Å². The van der Waals surface area contributed by atoms with Gasteiger partial charge in [-0.15, -0.1) is 0 Å². The fourth-order valence-electron chi connectivity index (χ4n) is 3.39. The molecule has 0 radical (unpaired) electrons. The first kappa shape index (κ1) is 19.9. The van der Waals surface area contributed by atoms with Gasteiger partial charge in [0, 0.05) is 33.1 Å². The van der Waals surface area contributed by atoms with Gasteiger partial charge >= 0.3 is 5.97 Å². The largest absolute Gasteiger partial charge is 0.456 e. The highest BCUT2D eigenvalue weighted by molar-refractivity contribution is 5.80. The van der Waals surface area contributed by atoms with Crippen molar-refractivity contribution in [2.45, 2.75) is 13.0 Å². The minimum absolute atomic E-state index is 0.174. The summed E-state index contributed by atoms with van der Waals surface area (Å²) in [6, 6.07) is 12.4. The molecule has 3 rings (SSSR count). The topological polar surface area (TPSA) is 49.9 Å². The quantitative estimate of drug-likeness (QED) is 0.739. The highest BCUT2D eigenvalue weighted by Gasteiger charge is 2.28. The van der Waals surface area contributed by atoms with Crippen molar-refractivity contribution < 1.29 is 23.1 Å². The zero-order valence-corrected chi connectivity index (χ0v) is 15.6. The Morgan fingerprint density at radius 1 is 0.893 bits per heavy atom. The van der Waals surface area contributed by atoms with Crippen LogP contribution in [0.25, 0.3) is 0 Å². The average molecular weight is 388 g/mol. The van der Waals surface area contributed by atoms with Gasteiger partial charge in [0.05, 0.1) is 6.04 Å². The van der Waals surface area contributed by atoms with Crippen LogP contribution in [0.1, 0.15) is 24.1 Å². The third-order valence-electron chi connectivity index (χ3n) is 4.80. The van der Waals surface area contributed by atoms with Gasteiger partial charge in [-0.3, -0.25) is 14.5 Å². The van der Waals surface area contributed by atoms with E-state index < -0.39 is 5.97 Å². The fourth-order valence-corrected chi connectivity index (χ4v) is 3.39. The molecule has 0 aromatic heterocycles. The molecule has 148 valence electrons. The Bertz CT molecular complexity index is 771. The normalized spacial score (nSPS) is 14.9. The highest BCUT2D eigenvalue weighted by atomic mass is 19.1. The summed E-state index contributed by atoms with van der Waals surface area (Å²) < 4.78 is 31.5. The third-order valence-corrected chi connectivity index (χ3v) is 4.80. The second-order valence-corrected chi connectivity index (χ2v) is 6.70. The monoisotopic (exact) mass is 388 g/mol. The van der Waals surface area contributed by atoms with Crippen LogP contribution in [0.5, 0.6) is 0 Å². The number of rotatable bonds is 5. The molecule has 5 nitrogen and oxygen atoms in total. The maximum atomic E-state index is 13.4. The third kappa shape index (κ3) is 4.92. The van der Waals surface area contributed by atoms with Crippen LogP contribution >= 0.6 is 0 Å². The number of hydrogen-bond donors (Lipinski definition) is 0. The van der Waals surface area contributed by atoms with E-state index in [4.69, 9.17) is 4.74 Å². The predicted molar refractivity (Wildman–Crippen MR) is 99.4 cm³/mol. The summed E-state index contributed by atoms with van der Waals surface area (Å²) in [5.41, 5.74) is 1.79. The molecule has 1 amide bonds. The van der Waals surface area contributed by atoms with E-state index in [2.05, 4.69) is 4.90 Å². The Balaban J connectivity index is 1.75. The molecule has 0 spiro atoms. The summed E-state index contributed by atoms with van der Waals surface area (Å²) >= 11 is 0. The van der Waals surface area contributed by atoms with E-state index in [1.807, 2.05) is 0 Å². The van der Waals surface area contributed by atoms with Crippen molar-refractivity contribution in [1.82, 2.24) is 9.80 Å². The first-order valence-corrected chi connectivity index (χ1v) is 9.10. The molecule has 1 aliphatic rings. The smallest absolute Gasteiger partial charge is 0.303 e. The number of benzene rings is 2. The zero-order valence-electron chi connectivity index (χ0n) is 15.6. The minimum atomic E-state index is -0.486. The number of ether oxygens (including phenoxy) is 1. The number of nitrogens with zero attached hydrogens (tertiary/aromatic N) is 2. The molecule has 0 saturated carbocycles. The average Bonchev–Trinajstić information content (AvgIpc) is 2.70. The molecule has 0 atom stereocenters. The molecule has 28 heavy (non-hydrogen) atoms. The maximum absolute atomic E-state index is 13.4. The summed E-state index contributed by atoms with van der Waals surface area (Å²) in [7, 11) is 0. The Kier molecular flexibility index (Phi) is 6.36. The van der Waals surface area contributed by atoms with Gasteiger partial charge < -0.3 is 9.64 Å². The number of carbonyl (C=O) groups is 2. The van der Waals surface area contributed by atoms with Crippen LogP contribution in [0.2, 0.25) is 0 Å². The van der Waals surface area contributed by atoms with Gasteiger partial charge in [0.2, 0.25) is 0 Å². The number of esters is 1. The molecule has 1 heterocycles. The lowest BCUT2D eigenvalue weighted by Gasteiger charge is -2.39. The second-order valence-electron chi connectivity index (χ2n) is 6.70. The molecular formula is C21H22F2N2O3. The number of hydrogen-bond acceptors (Lipinski definition) is 4.